The molecule has 0 aliphatic heterocycles. The second kappa shape index (κ2) is 8.66. The third-order valence-corrected chi connectivity index (χ3v) is 4.30. The van der Waals surface area contributed by atoms with Crippen LogP contribution < -0.4 is 5.73 Å². The highest BCUT2D eigenvalue weighted by Gasteiger charge is 2.17. The van der Waals surface area contributed by atoms with Crippen LogP contribution in [0.1, 0.15) is 23.4 Å². The fourth-order valence-corrected chi connectivity index (χ4v) is 2.95. The number of nitrogens with zero attached hydrogens (tertiary/aromatic N) is 4. The van der Waals surface area contributed by atoms with Gasteiger partial charge in [-0.2, -0.15) is 4.98 Å². The molecule has 0 aliphatic carbocycles. The number of fused-ring (bicyclic) bond motifs is 1. The minimum atomic E-state index is -0.311. The average Bonchev–Trinajstić information content (AvgIpc) is 2.98. The standard InChI is InChI=1S/C19H23N5O4/c1-27-8-4-7-14-21-17(20)16-18(22-14)24(19(26)23-16)11-13-6-3-5-12(9-13)10-15(25)28-2/h3,5-6,9H,4,7-8,10-11H2,1-2H3,(H,23,26)(H2,20,21,22). The molecule has 9 nitrogen and oxygen atoms in total. The zero-order valence-corrected chi connectivity index (χ0v) is 15.9. The Balaban J connectivity index is 1.91. The summed E-state index contributed by atoms with van der Waals surface area (Å²) in [6.45, 7) is 0.921. The van der Waals surface area contributed by atoms with Gasteiger partial charge >= 0.3 is 5.97 Å². The number of carbonyl (C=O) groups excluding carboxylic acids is 1. The first-order chi connectivity index (χ1) is 13.5. The van der Waals surface area contributed by atoms with E-state index in [2.05, 4.69) is 15.0 Å². The van der Waals surface area contributed by atoms with Gasteiger partial charge in [0.2, 0.25) is 0 Å². The minimum absolute atomic E-state index is 0.180. The molecule has 0 bridgehead atoms. The van der Waals surface area contributed by atoms with Gasteiger partial charge in [0.15, 0.2) is 17.0 Å². The van der Waals surface area contributed by atoms with Crippen molar-refractivity contribution >= 4 is 23.0 Å². The van der Waals surface area contributed by atoms with Crippen LogP contribution in [0.5, 0.6) is 6.01 Å². The smallest absolute Gasteiger partial charge is 0.309 e. The topological polar surface area (TPSA) is 125 Å². The van der Waals surface area contributed by atoms with E-state index in [0.29, 0.717) is 36.6 Å². The molecule has 2 heterocycles. The largest absolute Gasteiger partial charge is 0.480 e. The molecule has 0 unspecified atom stereocenters. The molecule has 28 heavy (non-hydrogen) atoms. The van der Waals surface area contributed by atoms with E-state index in [-0.39, 0.29) is 24.2 Å². The molecule has 0 spiro atoms. The second-order valence-corrected chi connectivity index (χ2v) is 6.36. The molecule has 0 amide bonds. The van der Waals surface area contributed by atoms with Crippen LogP contribution in [-0.4, -0.2) is 51.4 Å². The van der Waals surface area contributed by atoms with Gasteiger partial charge in [0.05, 0.1) is 20.1 Å². The Morgan fingerprint density at radius 1 is 1.21 bits per heavy atom. The molecule has 0 saturated carbocycles. The van der Waals surface area contributed by atoms with Crippen molar-refractivity contribution in [2.75, 3.05) is 26.6 Å². The van der Waals surface area contributed by atoms with Gasteiger partial charge in [-0.1, -0.05) is 24.3 Å². The zero-order valence-electron chi connectivity index (χ0n) is 15.9. The van der Waals surface area contributed by atoms with E-state index >= 15 is 0 Å². The molecule has 9 heteroatoms. The van der Waals surface area contributed by atoms with Crippen LogP contribution >= 0.6 is 0 Å². The predicted molar refractivity (Wildman–Crippen MR) is 103 cm³/mol. The van der Waals surface area contributed by atoms with E-state index in [9.17, 15) is 9.90 Å². The maximum Gasteiger partial charge on any atom is 0.309 e. The summed E-state index contributed by atoms with van der Waals surface area (Å²) in [7, 11) is 3.00. The Hall–Kier alpha value is -3.20. The first kappa shape index (κ1) is 19.6. The number of imidazole rings is 1. The van der Waals surface area contributed by atoms with E-state index in [1.807, 2.05) is 24.3 Å². The second-order valence-electron chi connectivity index (χ2n) is 6.36. The molecule has 0 fully saturated rings. The number of esters is 1. The van der Waals surface area contributed by atoms with Crippen LogP contribution in [0.15, 0.2) is 24.3 Å². The number of aryl methyl sites for hydroxylation is 1. The Morgan fingerprint density at radius 2 is 2.00 bits per heavy atom. The van der Waals surface area contributed by atoms with Gasteiger partial charge in [-0.15, -0.1) is 0 Å². The van der Waals surface area contributed by atoms with Crippen molar-refractivity contribution in [3.63, 3.8) is 0 Å². The molecule has 2 aromatic heterocycles. The number of hydrogen-bond donors (Lipinski definition) is 2. The van der Waals surface area contributed by atoms with Crippen LogP contribution in [0, 0.1) is 0 Å². The summed E-state index contributed by atoms with van der Waals surface area (Å²) in [5, 5.41) is 10.3. The number of benzene rings is 1. The van der Waals surface area contributed by atoms with Crippen molar-refractivity contribution in [1.29, 1.82) is 0 Å². The molecule has 148 valence electrons. The molecule has 3 rings (SSSR count). The molecule has 0 radical (unpaired) electrons. The third kappa shape index (κ3) is 4.37. The van der Waals surface area contributed by atoms with Crippen molar-refractivity contribution in [3.05, 3.63) is 41.2 Å². The molecule has 1 aromatic carbocycles. The lowest BCUT2D eigenvalue weighted by molar-refractivity contribution is -0.139. The normalized spacial score (nSPS) is 11.1. The molecular weight excluding hydrogens is 362 g/mol. The number of nitrogens with two attached hydrogens (primary N) is 1. The molecule has 0 saturated heterocycles. The number of rotatable bonds is 8. The molecule has 3 N–H and O–H groups in total. The van der Waals surface area contributed by atoms with Crippen LogP contribution in [0.2, 0.25) is 0 Å². The summed E-state index contributed by atoms with van der Waals surface area (Å²) in [4.78, 5) is 24.4. The van der Waals surface area contributed by atoms with Crippen molar-refractivity contribution in [1.82, 2.24) is 19.5 Å². The summed E-state index contributed by atoms with van der Waals surface area (Å²) in [6, 6.07) is 7.29. The number of ether oxygens (including phenoxy) is 2. The van der Waals surface area contributed by atoms with Gasteiger partial charge in [0.25, 0.3) is 6.01 Å². The van der Waals surface area contributed by atoms with Gasteiger partial charge in [0.1, 0.15) is 5.82 Å². The summed E-state index contributed by atoms with van der Waals surface area (Å²) >= 11 is 0. The van der Waals surface area contributed by atoms with Crippen LogP contribution in [0.25, 0.3) is 11.2 Å². The predicted octanol–water partition coefficient (Wildman–Crippen LogP) is 1.46. The molecular formula is C19H23N5O4. The van der Waals surface area contributed by atoms with Crippen molar-refractivity contribution in [2.24, 2.45) is 0 Å². The van der Waals surface area contributed by atoms with Gasteiger partial charge in [0, 0.05) is 20.1 Å². The highest BCUT2D eigenvalue weighted by molar-refractivity contribution is 5.82. The maximum atomic E-state index is 11.5. The molecule has 0 atom stereocenters. The first-order valence-electron chi connectivity index (χ1n) is 8.87. The van der Waals surface area contributed by atoms with Crippen LogP contribution in [-0.2, 0) is 33.7 Å². The number of nitrogen functional groups attached to an aromatic ring is 1. The van der Waals surface area contributed by atoms with E-state index in [1.54, 1.807) is 11.7 Å². The first-order valence-corrected chi connectivity index (χ1v) is 8.87. The van der Waals surface area contributed by atoms with E-state index in [1.165, 1.54) is 7.11 Å². The quantitative estimate of drug-likeness (QED) is 0.441. The Labute approximate surface area is 162 Å². The van der Waals surface area contributed by atoms with Gasteiger partial charge in [-0.05, 0) is 17.5 Å². The number of aromatic hydroxyl groups is 1. The lowest BCUT2D eigenvalue weighted by Crippen LogP contribution is -2.07. The van der Waals surface area contributed by atoms with Gasteiger partial charge in [-0.25, -0.2) is 9.97 Å². The number of carbonyl (C=O) groups is 1. The summed E-state index contributed by atoms with van der Waals surface area (Å²) < 4.78 is 11.3. The third-order valence-electron chi connectivity index (χ3n) is 4.30. The lowest BCUT2D eigenvalue weighted by Gasteiger charge is -2.08. The zero-order chi connectivity index (χ0) is 20.1. The number of aromatic nitrogens is 4. The summed E-state index contributed by atoms with van der Waals surface area (Å²) in [5.41, 5.74) is 8.54. The van der Waals surface area contributed by atoms with Crippen molar-refractivity contribution in [2.45, 2.75) is 25.8 Å². The molecule has 0 aliphatic rings. The summed E-state index contributed by atoms with van der Waals surface area (Å²) in [6.07, 6.45) is 1.55. The van der Waals surface area contributed by atoms with Crippen LogP contribution in [0.4, 0.5) is 5.82 Å². The minimum Gasteiger partial charge on any atom is -0.480 e. The highest BCUT2D eigenvalue weighted by atomic mass is 16.5. The van der Waals surface area contributed by atoms with Crippen LogP contribution in [0.3, 0.4) is 0 Å². The number of anilines is 1. The van der Waals surface area contributed by atoms with E-state index in [4.69, 9.17) is 15.2 Å². The van der Waals surface area contributed by atoms with Gasteiger partial charge in [-0.3, -0.25) is 9.36 Å². The van der Waals surface area contributed by atoms with Crippen molar-refractivity contribution in [3.8, 4) is 6.01 Å². The highest BCUT2D eigenvalue weighted by Crippen LogP contribution is 2.24. The number of methoxy groups -OCH3 is 2. The fourth-order valence-electron chi connectivity index (χ4n) is 2.95. The number of hydrogen-bond acceptors (Lipinski definition) is 8. The van der Waals surface area contributed by atoms with Crippen molar-refractivity contribution < 1.29 is 19.4 Å². The monoisotopic (exact) mass is 385 g/mol. The van der Waals surface area contributed by atoms with E-state index < -0.39 is 0 Å². The maximum absolute atomic E-state index is 11.5. The molecule has 3 aromatic rings. The Bertz CT molecular complexity index is 986. The average molecular weight is 385 g/mol. The summed E-state index contributed by atoms with van der Waals surface area (Å²) in [5.74, 6) is 0.489. The Kier molecular flexibility index (Phi) is 6.05. The van der Waals surface area contributed by atoms with E-state index in [0.717, 1.165) is 17.5 Å². The lowest BCUT2D eigenvalue weighted by atomic mass is 10.1. The van der Waals surface area contributed by atoms with Gasteiger partial charge < -0.3 is 20.3 Å². The Morgan fingerprint density at radius 3 is 2.75 bits per heavy atom. The SMILES string of the molecule is COCCCc1nc(N)c2nc(O)n(Cc3cccc(CC(=O)OC)c3)c2n1. The fraction of sp³-hybridized carbons (Fsp3) is 0.368.